The van der Waals surface area contributed by atoms with Crippen LogP contribution in [0.15, 0.2) is 11.6 Å². The topological polar surface area (TPSA) is 21.3 Å². The van der Waals surface area contributed by atoms with Gasteiger partial charge in [-0.3, -0.25) is 0 Å². The second-order valence-electron chi connectivity index (χ2n) is 6.07. The minimum absolute atomic E-state index is 0.499. The normalized spacial score (nSPS) is 38.2. The van der Waals surface area contributed by atoms with E-state index in [-0.39, 0.29) is 0 Å². The van der Waals surface area contributed by atoms with Crippen LogP contribution in [0.2, 0.25) is 0 Å². The van der Waals surface area contributed by atoms with Gasteiger partial charge in [0.2, 0.25) is 0 Å². The summed E-state index contributed by atoms with van der Waals surface area (Å²) in [4.78, 5) is 0. The molecule has 0 radical (unpaired) electrons. The highest BCUT2D eigenvalue weighted by Crippen LogP contribution is 2.28. The van der Waals surface area contributed by atoms with Gasteiger partial charge in [0, 0.05) is 13.2 Å². The molecule has 0 spiro atoms. The van der Waals surface area contributed by atoms with Gasteiger partial charge in [0.1, 0.15) is 0 Å². The maximum absolute atomic E-state index is 5.42. The summed E-state index contributed by atoms with van der Waals surface area (Å²) < 4.78 is 5.42. The summed E-state index contributed by atoms with van der Waals surface area (Å²) in [6, 6.07) is 0.696. The Morgan fingerprint density at radius 1 is 1.35 bits per heavy atom. The minimum Gasteiger partial charge on any atom is -0.381 e. The Labute approximate surface area is 106 Å². The summed E-state index contributed by atoms with van der Waals surface area (Å²) in [7, 11) is 1.84. The highest BCUT2D eigenvalue weighted by atomic mass is 16.5. The number of ether oxygens (including phenoxy) is 1. The van der Waals surface area contributed by atoms with Crippen LogP contribution in [0.4, 0.5) is 0 Å². The van der Waals surface area contributed by atoms with Crippen molar-refractivity contribution in [1.82, 2.24) is 5.32 Å². The third kappa shape index (κ3) is 3.82. The third-order valence-corrected chi connectivity index (χ3v) is 4.30. The van der Waals surface area contributed by atoms with Gasteiger partial charge in [-0.15, -0.1) is 0 Å². The highest BCUT2D eigenvalue weighted by Gasteiger charge is 2.25. The van der Waals surface area contributed by atoms with Crippen LogP contribution < -0.4 is 5.32 Å². The van der Waals surface area contributed by atoms with E-state index in [1.165, 1.54) is 38.6 Å². The Balaban J connectivity index is 1.71. The number of hydrogen-bond donors (Lipinski definition) is 1. The Kier molecular flexibility index (Phi) is 4.63. The number of rotatable bonds is 4. The monoisotopic (exact) mass is 237 g/mol. The van der Waals surface area contributed by atoms with Crippen LogP contribution in [0.3, 0.4) is 0 Å². The van der Waals surface area contributed by atoms with E-state index in [1.807, 2.05) is 7.11 Å². The summed E-state index contributed by atoms with van der Waals surface area (Å²) in [5.74, 6) is 1.61. The largest absolute Gasteiger partial charge is 0.381 e. The van der Waals surface area contributed by atoms with E-state index in [0.29, 0.717) is 12.1 Å². The molecule has 0 bridgehead atoms. The first kappa shape index (κ1) is 13.1. The standard InChI is InChI=1S/C15H27NO/c1-11-6-12(2)8-13(7-11)10-16-14-4-5-15(9-14)17-3/h6,11,13-16H,4-5,7-10H2,1-3H3. The van der Waals surface area contributed by atoms with Crippen molar-refractivity contribution in [2.75, 3.05) is 13.7 Å². The van der Waals surface area contributed by atoms with Crippen molar-refractivity contribution in [3.8, 4) is 0 Å². The molecule has 0 heterocycles. The first-order valence-electron chi connectivity index (χ1n) is 7.11. The lowest BCUT2D eigenvalue weighted by Gasteiger charge is -2.27. The molecule has 2 nitrogen and oxygen atoms in total. The van der Waals surface area contributed by atoms with Crippen LogP contribution in [0.1, 0.15) is 46.0 Å². The Hall–Kier alpha value is -0.340. The van der Waals surface area contributed by atoms with Gasteiger partial charge in [-0.2, -0.15) is 0 Å². The fourth-order valence-corrected chi connectivity index (χ4v) is 3.51. The molecule has 17 heavy (non-hydrogen) atoms. The van der Waals surface area contributed by atoms with Gasteiger partial charge >= 0.3 is 0 Å². The molecule has 0 aromatic rings. The van der Waals surface area contributed by atoms with Crippen LogP contribution in [-0.4, -0.2) is 25.8 Å². The summed E-state index contributed by atoms with van der Waals surface area (Å²) in [5, 5.41) is 3.75. The fraction of sp³-hybridized carbons (Fsp3) is 0.867. The first-order valence-corrected chi connectivity index (χ1v) is 7.11. The van der Waals surface area contributed by atoms with E-state index in [9.17, 15) is 0 Å². The smallest absolute Gasteiger partial charge is 0.0586 e. The van der Waals surface area contributed by atoms with E-state index < -0.39 is 0 Å². The molecule has 1 saturated carbocycles. The van der Waals surface area contributed by atoms with E-state index in [4.69, 9.17) is 4.74 Å². The number of nitrogens with one attached hydrogen (secondary N) is 1. The molecule has 0 aromatic carbocycles. The first-order chi connectivity index (χ1) is 8.17. The average molecular weight is 237 g/mol. The van der Waals surface area contributed by atoms with Crippen molar-refractivity contribution in [2.45, 2.75) is 58.1 Å². The molecule has 2 aliphatic carbocycles. The average Bonchev–Trinajstić information content (AvgIpc) is 2.73. The fourth-order valence-electron chi connectivity index (χ4n) is 3.51. The molecule has 0 amide bonds. The van der Waals surface area contributed by atoms with E-state index in [0.717, 1.165) is 11.8 Å². The lowest BCUT2D eigenvalue weighted by Crippen LogP contribution is -2.33. The molecule has 0 saturated heterocycles. The van der Waals surface area contributed by atoms with Gasteiger partial charge < -0.3 is 10.1 Å². The summed E-state index contributed by atoms with van der Waals surface area (Å²) in [6.07, 6.45) is 9.30. The SMILES string of the molecule is COC1CCC(NCC2CC(C)=CC(C)C2)C1. The molecule has 98 valence electrons. The Bertz CT molecular complexity index is 274. The molecule has 0 aromatic heterocycles. The summed E-state index contributed by atoms with van der Waals surface area (Å²) >= 11 is 0. The van der Waals surface area contributed by atoms with Crippen molar-refractivity contribution >= 4 is 0 Å². The van der Waals surface area contributed by atoms with Crippen LogP contribution in [-0.2, 0) is 4.74 Å². The lowest BCUT2D eigenvalue weighted by atomic mass is 9.83. The van der Waals surface area contributed by atoms with Gasteiger partial charge in [-0.05, 0) is 57.4 Å². The molecule has 2 rings (SSSR count). The van der Waals surface area contributed by atoms with Crippen molar-refractivity contribution in [3.63, 3.8) is 0 Å². The molecule has 1 N–H and O–H groups in total. The lowest BCUT2D eigenvalue weighted by molar-refractivity contribution is 0.106. The molecular formula is C15H27NO. The van der Waals surface area contributed by atoms with Crippen molar-refractivity contribution < 1.29 is 4.74 Å². The number of hydrogen-bond acceptors (Lipinski definition) is 2. The van der Waals surface area contributed by atoms with Gasteiger partial charge in [-0.25, -0.2) is 0 Å². The quantitative estimate of drug-likeness (QED) is 0.758. The van der Waals surface area contributed by atoms with E-state index in [1.54, 1.807) is 5.57 Å². The second-order valence-corrected chi connectivity index (χ2v) is 6.07. The maximum atomic E-state index is 5.42. The van der Waals surface area contributed by atoms with Crippen molar-refractivity contribution in [3.05, 3.63) is 11.6 Å². The molecular weight excluding hydrogens is 210 g/mol. The predicted molar refractivity (Wildman–Crippen MR) is 72.1 cm³/mol. The third-order valence-electron chi connectivity index (χ3n) is 4.30. The van der Waals surface area contributed by atoms with Gasteiger partial charge in [0.05, 0.1) is 6.10 Å². The van der Waals surface area contributed by atoms with E-state index >= 15 is 0 Å². The molecule has 2 aliphatic rings. The second kappa shape index (κ2) is 6.01. The Morgan fingerprint density at radius 3 is 2.82 bits per heavy atom. The summed E-state index contributed by atoms with van der Waals surface area (Å²) in [5.41, 5.74) is 1.58. The van der Waals surface area contributed by atoms with Crippen LogP contribution in [0.5, 0.6) is 0 Å². The van der Waals surface area contributed by atoms with Crippen LogP contribution in [0.25, 0.3) is 0 Å². The van der Waals surface area contributed by atoms with E-state index in [2.05, 4.69) is 25.2 Å². The number of allylic oxidation sites excluding steroid dienone is 2. The number of methoxy groups -OCH3 is 1. The van der Waals surface area contributed by atoms with Crippen molar-refractivity contribution in [1.29, 1.82) is 0 Å². The Morgan fingerprint density at radius 2 is 2.18 bits per heavy atom. The van der Waals surface area contributed by atoms with Crippen LogP contribution in [0, 0.1) is 11.8 Å². The van der Waals surface area contributed by atoms with Crippen molar-refractivity contribution in [2.24, 2.45) is 11.8 Å². The zero-order chi connectivity index (χ0) is 12.3. The molecule has 1 fully saturated rings. The molecule has 2 heteroatoms. The van der Waals surface area contributed by atoms with Crippen LogP contribution >= 0.6 is 0 Å². The van der Waals surface area contributed by atoms with Gasteiger partial charge in [-0.1, -0.05) is 18.6 Å². The molecule has 0 aliphatic heterocycles. The molecule has 4 unspecified atom stereocenters. The minimum atomic E-state index is 0.499. The predicted octanol–water partition coefficient (Wildman–Crippen LogP) is 3.14. The maximum Gasteiger partial charge on any atom is 0.0586 e. The zero-order valence-electron chi connectivity index (χ0n) is 11.5. The highest BCUT2D eigenvalue weighted by molar-refractivity contribution is 5.06. The van der Waals surface area contributed by atoms with Gasteiger partial charge in [0.15, 0.2) is 0 Å². The summed E-state index contributed by atoms with van der Waals surface area (Å²) in [6.45, 7) is 5.81. The zero-order valence-corrected chi connectivity index (χ0v) is 11.5. The molecule has 4 atom stereocenters. The van der Waals surface area contributed by atoms with Gasteiger partial charge in [0.25, 0.3) is 0 Å².